The minimum Gasteiger partial charge on any atom is -0.356 e. The molecule has 1 aromatic rings. The van der Waals surface area contributed by atoms with E-state index in [9.17, 15) is 13.2 Å². The number of hydrogen-bond donors (Lipinski definition) is 2. The maximum absolute atomic E-state index is 12.4. The van der Waals surface area contributed by atoms with Gasteiger partial charge in [-0.05, 0) is 18.9 Å². The first-order valence-electron chi connectivity index (χ1n) is 7.00. The molecule has 1 amide bonds. The molecule has 0 spiro atoms. The van der Waals surface area contributed by atoms with Gasteiger partial charge < -0.3 is 5.32 Å². The molecule has 0 unspecified atom stereocenters. The number of piperidine rings is 1. The molecule has 3 N–H and O–H groups in total. The van der Waals surface area contributed by atoms with Crippen LogP contribution in [0.1, 0.15) is 19.3 Å². The summed E-state index contributed by atoms with van der Waals surface area (Å²) in [7, 11) is -1.86. The number of amides is 1. The predicted molar refractivity (Wildman–Crippen MR) is 78.2 cm³/mol. The van der Waals surface area contributed by atoms with Crippen LogP contribution in [0.15, 0.2) is 23.2 Å². The van der Waals surface area contributed by atoms with Crippen molar-refractivity contribution in [1.82, 2.24) is 9.62 Å². The molecular weight excluding hydrogens is 292 g/mol. The third-order valence-corrected chi connectivity index (χ3v) is 5.35. The van der Waals surface area contributed by atoms with Crippen LogP contribution in [-0.2, 0) is 14.8 Å². The normalized spacial score (nSPS) is 16.4. The van der Waals surface area contributed by atoms with Crippen molar-refractivity contribution in [2.24, 2.45) is 0 Å². The van der Waals surface area contributed by atoms with Gasteiger partial charge in [0.05, 0.1) is 0 Å². The van der Waals surface area contributed by atoms with Crippen LogP contribution in [0, 0.1) is 0 Å². The zero-order valence-corrected chi connectivity index (χ0v) is 12.9. The highest BCUT2D eigenvalue weighted by Crippen LogP contribution is 2.19. The average Bonchev–Trinajstić information content (AvgIpc) is 2.53. The number of carbonyl (C=O) groups is 1. The smallest absolute Gasteiger partial charge is 0.272 e. The minimum atomic E-state index is -3.42. The van der Waals surface area contributed by atoms with Gasteiger partial charge in [-0.1, -0.05) is 6.42 Å². The Hall–Kier alpha value is -1.67. The molecule has 116 valence electrons. The number of hydrogen-bond acceptors (Lipinski definition) is 4. The number of likely N-dealkylation sites (N-methyl/N-ethyl adjacent to an activating group) is 1. The molecule has 1 aromatic heterocycles. The number of H-pyrrole nitrogens is 1. The predicted octanol–water partition coefficient (Wildman–Crippen LogP) is -0.167. The molecule has 1 saturated heterocycles. The van der Waals surface area contributed by atoms with Gasteiger partial charge in [0.2, 0.25) is 10.0 Å². The second-order valence-electron chi connectivity index (χ2n) is 4.93. The number of nitrogens with zero attached hydrogens (tertiary/aromatic N) is 1. The third-order valence-electron chi connectivity index (χ3n) is 3.46. The van der Waals surface area contributed by atoms with Crippen LogP contribution in [0.4, 0.5) is 5.82 Å². The van der Waals surface area contributed by atoms with Gasteiger partial charge in [-0.2, -0.15) is 4.31 Å². The SMILES string of the molecule is CNC(=O)CNc1ccc(S(=O)(=O)N2CCCCC2)c[nH+]1. The molecule has 0 saturated carbocycles. The van der Waals surface area contributed by atoms with E-state index in [4.69, 9.17) is 0 Å². The van der Waals surface area contributed by atoms with Crippen LogP contribution in [0.2, 0.25) is 0 Å². The fourth-order valence-electron chi connectivity index (χ4n) is 2.20. The number of carbonyl (C=O) groups excluding carboxylic acids is 1. The number of aromatic nitrogens is 1. The fraction of sp³-hybridized carbons (Fsp3) is 0.538. The molecule has 1 fully saturated rings. The molecule has 0 atom stereocenters. The molecule has 0 aromatic carbocycles. The lowest BCUT2D eigenvalue weighted by Crippen LogP contribution is -2.36. The quantitative estimate of drug-likeness (QED) is 0.789. The van der Waals surface area contributed by atoms with E-state index in [2.05, 4.69) is 15.6 Å². The van der Waals surface area contributed by atoms with E-state index in [0.717, 1.165) is 19.3 Å². The standard InChI is InChI=1S/C13H20N4O3S/c1-14-13(18)10-16-12-6-5-11(9-15-12)21(19,20)17-7-3-2-4-8-17/h5-6,9H,2-4,7-8,10H2,1H3,(H,14,18)(H,15,16)/p+1. The van der Waals surface area contributed by atoms with Gasteiger partial charge in [0, 0.05) is 26.2 Å². The molecule has 0 radical (unpaired) electrons. The number of nitrogens with one attached hydrogen (secondary N) is 3. The zero-order chi connectivity index (χ0) is 15.3. The second kappa shape index (κ2) is 6.86. The lowest BCUT2D eigenvalue weighted by Gasteiger charge is -2.25. The van der Waals surface area contributed by atoms with E-state index in [1.165, 1.54) is 10.5 Å². The Kier molecular flexibility index (Phi) is 5.13. The van der Waals surface area contributed by atoms with Crippen LogP contribution < -0.4 is 15.6 Å². The van der Waals surface area contributed by atoms with E-state index in [0.29, 0.717) is 18.9 Å². The average molecular weight is 313 g/mol. The Morgan fingerprint density at radius 3 is 2.57 bits per heavy atom. The van der Waals surface area contributed by atoms with Crippen LogP contribution in [0.3, 0.4) is 0 Å². The number of sulfonamides is 1. The van der Waals surface area contributed by atoms with E-state index >= 15 is 0 Å². The molecule has 1 aliphatic rings. The second-order valence-corrected chi connectivity index (χ2v) is 6.87. The van der Waals surface area contributed by atoms with Crippen molar-refractivity contribution in [3.63, 3.8) is 0 Å². The summed E-state index contributed by atoms with van der Waals surface area (Å²) in [6.45, 7) is 1.29. The first-order chi connectivity index (χ1) is 10.0. The summed E-state index contributed by atoms with van der Waals surface area (Å²) in [5.74, 6) is 0.449. The third kappa shape index (κ3) is 3.92. The first-order valence-corrected chi connectivity index (χ1v) is 8.44. The maximum atomic E-state index is 12.4. The summed E-state index contributed by atoms with van der Waals surface area (Å²) in [5.41, 5.74) is 0. The van der Waals surface area contributed by atoms with Gasteiger partial charge in [-0.3, -0.25) is 10.1 Å². The summed E-state index contributed by atoms with van der Waals surface area (Å²) < 4.78 is 26.4. The van der Waals surface area contributed by atoms with E-state index < -0.39 is 10.0 Å². The lowest BCUT2D eigenvalue weighted by molar-refractivity contribution is -0.364. The number of pyridine rings is 1. The van der Waals surface area contributed by atoms with Crippen LogP contribution in [-0.4, -0.2) is 45.3 Å². The summed E-state index contributed by atoms with van der Waals surface area (Å²) in [4.78, 5) is 14.2. The largest absolute Gasteiger partial charge is 0.356 e. The molecule has 0 bridgehead atoms. The summed E-state index contributed by atoms with van der Waals surface area (Å²) >= 11 is 0. The van der Waals surface area contributed by atoms with Gasteiger partial charge >= 0.3 is 0 Å². The number of anilines is 1. The molecular formula is C13H21N4O3S+. The first kappa shape index (κ1) is 15.7. The number of rotatable bonds is 5. The Morgan fingerprint density at radius 1 is 1.29 bits per heavy atom. The summed E-state index contributed by atoms with van der Waals surface area (Å²) in [5, 5.41) is 5.37. The van der Waals surface area contributed by atoms with Crippen molar-refractivity contribution in [3.05, 3.63) is 18.3 Å². The van der Waals surface area contributed by atoms with Crippen molar-refractivity contribution >= 4 is 21.7 Å². The van der Waals surface area contributed by atoms with Crippen LogP contribution in [0.5, 0.6) is 0 Å². The molecule has 0 aliphatic carbocycles. The monoisotopic (exact) mass is 313 g/mol. The molecule has 2 heterocycles. The van der Waals surface area contributed by atoms with Crippen LogP contribution in [0.25, 0.3) is 0 Å². The maximum Gasteiger partial charge on any atom is 0.272 e. The summed E-state index contributed by atoms with van der Waals surface area (Å²) in [6, 6.07) is 3.17. The molecule has 21 heavy (non-hydrogen) atoms. The van der Waals surface area contributed by atoms with E-state index in [1.807, 2.05) is 0 Å². The summed E-state index contributed by atoms with van der Waals surface area (Å²) in [6.07, 6.45) is 4.36. The molecule has 8 heteroatoms. The van der Waals surface area contributed by atoms with Crippen molar-refractivity contribution in [3.8, 4) is 0 Å². The van der Waals surface area contributed by atoms with Crippen molar-refractivity contribution in [2.45, 2.75) is 24.2 Å². The topological polar surface area (TPSA) is 92.7 Å². The Morgan fingerprint density at radius 2 is 2.00 bits per heavy atom. The zero-order valence-electron chi connectivity index (χ0n) is 12.1. The van der Waals surface area contributed by atoms with Crippen molar-refractivity contribution < 1.29 is 18.2 Å². The van der Waals surface area contributed by atoms with Gasteiger partial charge in [0.15, 0.2) is 6.54 Å². The van der Waals surface area contributed by atoms with Crippen molar-refractivity contribution in [1.29, 1.82) is 0 Å². The highest BCUT2D eigenvalue weighted by Gasteiger charge is 2.26. The van der Waals surface area contributed by atoms with Gasteiger partial charge in [0.25, 0.3) is 11.7 Å². The lowest BCUT2D eigenvalue weighted by atomic mass is 10.2. The highest BCUT2D eigenvalue weighted by molar-refractivity contribution is 7.89. The van der Waals surface area contributed by atoms with E-state index in [-0.39, 0.29) is 17.3 Å². The fourth-order valence-corrected chi connectivity index (χ4v) is 3.68. The van der Waals surface area contributed by atoms with E-state index in [1.54, 1.807) is 19.2 Å². The van der Waals surface area contributed by atoms with Crippen molar-refractivity contribution in [2.75, 3.05) is 32.0 Å². The van der Waals surface area contributed by atoms with Gasteiger partial charge in [0.1, 0.15) is 11.1 Å². The Bertz CT molecular complexity index is 580. The molecule has 1 aliphatic heterocycles. The van der Waals surface area contributed by atoms with Gasteiger partial charge in [-0.25, -0.2) is 13.4 Å². The highest BCUT2D eigenvalue weighted by atomic mass is 32.2. The molecule has 7 nitrogen and oxygen atoms in total. The Balaban J connectivity index is 2.05. The number of aromatic amines is 1. The minimum absolute atomic E-state index is 0.130. The van der Waals surface area contributed by atoms with Crippen LogP contribution >= 0.6 is 0 Å². The van der Waals surface area contributed by atoms with Gasteiger partial charge in [-0.15, -0.1) is 0 Å². The molecule has 2 rings (SSSR count). The Labute approximate surface area is 124 Å².